The van der Waals surface area contributed by atoms with Gasteiger partial charge in [0, 0.05) is 18.8 Å². The van der Waals surface area contributed by atoms with Crippen LogP contribution < -0.4 is 5.73 Å². The Kier molecular flexibility index (Phi) is 10.4. The van der Waals surface area contributed by atoms with Gasteiger partial charge in [-0.3, -0.25) is 9.59 Å². The summed E-state index contributed by atoms with van der Waals surface area (Å²) in [5, 5.41) is 0. The summed E-state index contributed by atoms with van der Waals surface area (Å²) in [6, 6.07) is -0.475. The molecule has 100 valence electrons. The highest BCUT2D eigenvalue weighted by Gasteiger charge is 2.10. The summed E-state index contributed by atoms with van der Waals surface area (Å²) < 4.78 is 10.2. The molecule has 0 aromatic carbocycles. The molecule has 1 atom stereocenters. The molecule has 0 aromatic heterocycles. The lowest BCUT2D eigenvalue weighted by molar-refractivity contribution is -0.122. The van der Waals surface area contributed by atoms with E-state index in [9.17, 15) is 9.59 Å². The highest BCUT2D eigenvalue weighted by Crippen LogP contribution is 1.97. The molecular weight excluding hydrogens is 242 g/mol. The number of carbonyl (C=O) groups excluding carboxylic acids is 2. The molecule has 0 rings (SSSR count). The van der Waals surface area contributed by atoms with E-state index in [1.807, 2.05) is 0 Å². The molecule has 0 aliphatic heterocycles. The average molecular weight is 263 g/mol. The first-order chi connectivity index (χ1) is 8.07. The van der Waals surface area contributed by atoms with Gasteiger partial charge in [-0.05, 0) is 13.3 Å². The van der Waals surface area contributed by atoms with E-state index in [4.69, 9.17) is 15.2 Å². The van der Waals surface area contributed by atoms with E-state index in [-0.39, 0.29) is 18.2 Å². The van der Waals surface area contributed by atoms with Crippen LogP contribution in [0, 0.1) is 0 Å². The van der Waals surface area contributed by atoms with Gasteiger partial charge in [0.2, 0.25) is 0 Å². The molecule has 0 unspecified atom stereocenters. The number of hydrogen-bond donors (Lipinski definition) is 2. The van der Waals surface area contributed by atoms with Crippen molar-refractivity contribution in [3.05, 3.63) is 0 Å². The lowest BCUT2D eigenvalue weighted by Gasteiger charge is -2.07. The molecule has 0 aliphatic carbocycles. The molecule has 6 heteroatoms. The van der Waals surface area contributed by atoms with Gasteiger partial charge in [-0.1, -0.05) is 0 Å². The van der Waals surface area contributed by atoms with E-state index in [0.29, 0.717) is 38.4 Å². The fourth-order valence-corrected chi connectivity index (χ4v) is 1.28. The molecule has 0 aliphatic rings. The number of carbonyl (C=O) groups is 2. The monoisotopic (exact) mass is 263 g/mol. The molecule has 2 N–H and O–H groups in total. The molecule has 0 radical (unpaired) electrons. The van der Waals surface area contributed by atoms with E-state index >= 15 is 0 Å². The third-order valence-corrected chi connectivity index (χ3v) is 2.39. The predicted octanol–water partition coefficient (Wildman–Crippen LogP) is 0.215. The largest absolute Gasteiger partial charge is 0.379 e. The van der Waals surface area contributed by atoms with Crippen LogP contribution >= 0.6 is 12.6 Å². The summed E-state index contributed by atoms with van der Waals surface area (Å²) in [6.45, 7) is 2.91. The minimum atomic E-state index is -0.475. The summed E-state index contributed by atoms with van der Waals surface area (Å²) in [6.07, 6.45) is 1.06. The second-order valence-electron chi connectivity index (χ2n) is 3.73. The number of rotatable bonds is 11. The number of ketones is 2. The Morgan fingerprint density at radius 1 is 1.24 bits per heavy atom. The maximum absolute atomic E-state index is 11.3. The van der Waals surface area contributed by atoms with Crippen LogP contribution in [0.15, 0.2) is 0 Å². The van der Waals surface area contributed by atoms with Gasteiger partial charge in [0.05, 0.1) is 19.3 Å². The quantitative estimate of drug-likeness (QED) is 0.412. The van der Waals surface area contributed by atoms with Gasteiger partial charge in [0.15, 0.2) is 5.78 Å². The van der Waals surface area contributed by atoms with Crippen molar-refractivity contribution in [3.8, 4) is 0 Å². The summed E-state index contributed by atoms with van der Waals surface area (Å²) in [5.41, 5.74) is 5.51. The van der Waals surface area contributed by atoms with Crippen LogP contribution in [0.25, 0.3) is 0 Å². The van der Waals surface area contributed by atoms with Gasteiger partial charge in [0.1, 0.15) is 12.4 Å². The molecule has 0 saturated heterocycles. The van der Waals surface area contributed by atoms with Crippen LogP contribution in [0.2, 0.25) is 0 Å². The molecule has 17 heavy (non-hydrogen) atoms. The van der Waals surface area contributed by atoms with E-state index in [2.05, 4.69) is 12.6 Å². The maximum Gasteiger partial charge on any atom is 0.155 e. The van der Waals surface area contributed by atoms with E-state index in [0.717, 1.165) is 0 Å². The van der Waals surface area contributed by atoms with Crippen molar-refractivity contribution in [1.29, 1.82) is 0 Å². The van der Waals surface area contributed by atoms with Crippen molar-refractivity contribution in [3.63, 3.8) is 0 Å². The zero-order valence-electron chi connectivity index (χ0n) is 10.2. The van der Waals surface area contributed by atoms with Gasteiger partial charge in [0.25, 0.3) is 0 Å². The fraction of sp³-hybridized carbons (Fsp3) is 0.818. The Morgan fingerprint density at radius 3 is 2.47 bits per heavy atom. The summed E-state index contributed by atoms with van der Waals surface area (Å²) >= 11 is 3.95. The lowest BCUT2D eigenvalue weighted by atomic mass is 10.1. The molecule has 0 fully saturated rings. The standard InChI is InChI=1S/C11H21NO4S/c1-9(13)7-16-6-5-15-4-2-3-11(14)10(12)8-17/h10,17H,2-8,12H2,1H3/t10-/m0/s1. The van der Waals surface area contributed by atoms with Crippen molar-refractivity contribution in [1.82, 2.24) is 0 Å². The molecule has 0 saturated carbocycles. The highest BCUT2D eigenvalue weighted by atomic mass is 32.1. The second kappa shape index (κ2) is 10.7. The van der Waals surface area contributed by atoms with E-state index in [1.54, 1.807) is 0 Å². The topological polar surface area (TPSA) is 78.6 Å². The maximum atomic E-state index is 11.3. The Hall–Kier alpha value is -0.430. The van der Waals surface area contributed by atoms with Gasteiger partial charge in [-0.15, -0.1) is 0 Å². The number of Topliss-reactive ketones (excluding diaryl/α,β-unsaturated/α-hetero) is 2. The first-order valence-electron chi connectivity index (χ1n) is 5.62. The van der Waals surface area contributed by atoms with Crippen LogP contribution in [-0.2, 0) is 19.1 Å². The second-order valence-corrected chi connectivity index (χ2v) is 4.09. The van der Waals surface area contributed by atoms with Crippen LogP contribution in [0.1, 0.15) is 19.8 Å². The van der Waals surface area contributed by atoms with Crippen molar-refractivity contribution in [2.45, 2.75) is 25.8 Å². The normalized spacial score (nSPS) is 12.4. The third-order valence-electron chi connectivity index (χ3n) is 2.00. The van der Waals surface area contributed by atoms with Crippen molar-refractivity contribution < 1.29 is 19.1 Å². The van der Waals surface area contributed by atoms with E-state index in [1.165, 1.54) is 6.92 Å². The van der Waals surface area contributed by atoms with Gasteiger partial charge < -0.3 is 15.2 Å². The molecule has 0 bridgehead atoms. The zero-order valence-corrected chi connectivity index (χ0v) is 11.1. The van der Waals surface area contributed by atoms with Crippen molar-refractivity contribution in [2.75, 3.05) is 32.2 Å². The molecule has 0 spiro atoms. The number of hydrogen-bond acceptors (Lipinski definition) is 6. The lowest BCUT2D eigenvalue weighted by Crippen LogP contribution is -2.32. The molecule has 5 nitrogen and oxygen atoms in total. The Bertz CT molecular complexity index is 236. The van der Waals surface area contributed by atoms with Gasteiger partial charge in [-0.2, -0.15) is 12.6 Å². The molecular formula is C11H21NO4S. The highest BCUT2D eigenvalue weighted by molar-refractivity contribution is 7.80. The SMILES string of the molecule is CC(=O)COCCOCCCC(=O)[C@@H](N)CS. The summed E-state index contributed by atoms with van der Waals surface area (Å²) in [5.74, 6) is 0.381. The van der Waals surface area contributed by atoms with E-state index < -0.39 is 6.04 Å². The minimum Gasteiger partial charge on any atom is -0.379 e. The predicted molar refractivity (Wildman–Crippen MR) is 68.4 cm³/mol. The number of nitrogens with two attached hydrogens (primary N) is 1. The first kappa shape index (κ1) is 16.6. The van der Waals surface area contributed by atoms with Crippen molar-refractivity contribution in [2.24, 2.45) is 5.73 Å². The van der Waals surface area contributed by atoms with Gasteiger partial charge in [-0.25, -0.2) is 0 Å². The third kappa shape index (κ3) is 10.4. The van der Waals surface area contributed by atoms with Crippen LogP contribution in [0.5, 0.6) is 0 Å². The zero-order chi connectivity index (χ0) is 13.1. The van der Waals surface area contributed by atoms with Crippen molar-refractivity contribution >= 4 is 24.2 Å². The summed E-state index contributed by atoms with van der Waals surface area (Å²) in [4.78, 5) is 21.8. The van der Waals surface area contributed by atoms with Gasteiger partial charge >= 0.3 is 0 Å². The number of ether oxygens (including phenoxy) is 2. The minimum absolute atomic E-state index is 0.00339. The molecule has 0 amide bonds. The fourth-order valence-electron chi connectivity index (χ4n) is 1.07. The van der Waals surface area contributed by atoms with Crippen LogP contribution in [0.4, 0.5) is 0 Å². The summed E-state index contributed by atoms with van der Waals surface area (Å²) in [7, 11) is 0. The van der Waals surface area contributed by atoms with Crippen LogP contribution in [-0.4, -0.2) is 49.8 Å². The molecule has 0 aromatic rings. The Balaban J connectivity index is 3.24. The molecule has 0 heterocycles. The van der Waals surface area contributed by atoms with Crippen LogP contribution in [0.3, 0.4) is 0 Å². The smallest absolute Gasteiger partial charge is 0.155 e. The Labute approximate surface area is 107 Å². The Morgan fingerprint density at radius 2 is 1.88 bits per heavy atom. The average Bonchev–Trinajstić information content (AvgIpc) is 2.30. The number of thiol groups is 1. The first-order valence-corrected chi connectivity index (χ1v) is 6.25.